The number of benzene rings is 2. The largest absolute Gasteiger partial charge is 0.478 e. The summed E-state index contributed by atoms with van der Waals surface area (Å²) in [6.45, 7) is 1.67. The van der Waals surface area contributed by atoms with Crippen LogP contribution in [-0.2, 0) is 0 Å². The van der Waals surface area contributed by atoms with E-state index in [9.17, 15) is 9.18 Å². The van der Waals surface area contributed by atoms with E-state index in [2.05, 4.69) is 0 Å². The minimum absolute atomic E-state index is 0.0889. The Morgan fingerprint density at radius 2 is 1.89 bits per heavy atom. The Hall–Kier alpha value is -2.36. The summed E-state index contributed by atoms with van der Waals surface area (Å²) in [7, 11) is 0. The summed E-state index contributed by atoms with van der Waals surface area (Å²) in [4.78, 5) is 10.9. The molecule has 0 heterocycles. The zero-order valence-corrected chi connectivity index (χ0v) is 9.77. The topological polar surface area (TPSA) is 63.3 Å². The molecule has 2 rings (SSSR count). The molecule has 3 nitrogen and oxygen atoms in total. The van der Waals surface area contributed by atoms with Gasteiger partial charge in [-0.3, -0.25) is 0 Å². The molecule has 0 aliphatic heterocycles. The van der Waals surface area contributed by atoms with Crippen molar-refractivity contribution in [1.29, 1.82) is 0 Å². The van der Waals surface area contributed by atoms with Crippen LogP contribution >= 0.6 is 0 Å². The summed E-state index contributed by atoms with van der Waals surface area (Å²) in [5.74, 6) is -1.39. The van der Waals surface area contributed by atoms with Gasteiger partial charge in [0.15, 0.2) is 0 Å². The summed E-state index contributed by atoms with van der Waals surface area (Å²) in [6.07, 6.45) is 0. The lowest BCUT2D eigenvalue weighted by Crippen LogP contribution is -1.99. The molecule has 0 unspecified atom stereocenters. The maximum atomic E-state index is 13.5. The summed E-state index contributed by atoms with van der Waals surface area (Å²) in [5.41, 5.74) is 7.81. The van der Waals surface area contributed by atoms with Crippen LogP contribution in [0.25, 0.3) is 11.1 Å². The van der Waals surface area contributed by atoms with Crippen LogP contribution in [-0.4, -0.2) is 11.1 Å². The zero-order valence-electron chi connectivity index (χ0n) is 9.77. The van der Waals surface area contributed by atoms with Gasteiger partial charge in [-0.1, -0.05) is 12.1 Å². The molecule has 0 aliphatic rings. The van der Waals surface area contributed by atoms with Crippen LogP contribution in [0.2, 0.25) is 0 Å². The van der Waals surface area contributed by atoms with Gasteiger partial charge in [0.2, 0.25) is 0 Å². The first-order valence-corrected chi connectivity index (χ1v) is 5.38. The Bertz CT molecular complexity index is 623. The minimum Gasteiger partial charge on any atom is -0.478 e. The second-order valence-electron chi connectivity index (χ2n) is 4.11. The number of halogens is 1. The third-order valence-corrected chi connectivity index (χ3v) is 2.71. The van der Waals surface area contributed by atoms with Crippen molar-refractivity contribution in [1.82, 2.24) is 0 Å². The van der Waals surface area contributed by atoms with Crippen molar-refractivity contribution >= 4 is 11.7 Å². The third-order valence-electron chi connectivity index (χ3n) is 2.71. The van der Waals surface area contributed by atoms with Crippen LogP contribution in [0.3, 0.4) is 0 Å². The molecule has 18 heavy (non-hydrogen) atoms. The fraction of sp³-hybridized carbons (Fsp3) is 0.0714. The average Bonchev–Trinajstić information content (AvgIpc) is 2.31. The van der Waals surface area contributed by atoms with Crippen LogP contribution < -0.4 is 5.73 Å². The zero-order chi connectivity index (χ0) is 13.3. The Morgan fingerprint density at radius 3 is 2.50 bits per heavy atom. The van der Waals surface area contributed by atoms with E-state index < -0.39 is 5.97 Å². The molecule has 2 aromatic rings. The van der Waals surface area contributed by atoms with E-state index in [4.69, 9.17) is 10.8 Å². The molecule has 0 radical (unpaired) electrons. The number of aromatic carboxylic acids is 1. The summed E-state index contributed by atoms with van der Waals surface area (Å²) in [5, 5.41) is 8.95. The van der Waals surface area contributed by atoms with E-state index in [0.717, 1.165) is 0 Å². The van der Waals surface area contributed by atoms with E-state index in [1.165, 1.54) is 18.2 Å². The van der Waals surface area contributed by atoms with Gasteiger partial charge in [-0.25, -0.2) is 9.18 Å². The maximum absolute atomic E-state index is 13.5. The van der Waals surface area contributed by atoms with Crippen molar-refractivity contribution < 1.29 is 14.3 Å². The molecular weight excluding hydrogens is 233 g/mol. The minimum atomic E-state index is -1.06. The number of anilines is 1. The molecule has 0 saturated heterocycles. The Kier molecular flexibility index (Phi) is 3.02. The van der Waals surface area contributed by atoms with Crippen molar-refractivity contribution in [3.8, 4) is 11.1 Å². The van der Waals surface area contributed by atoms with Crippen molar-refractivity contribution in [3.63, 3.8) is 0 Å². The van der Waals surface area contributed by atoms with Crippen molar-refractivity contribution in [2.45, 2.75) is 6.92 Å². The van der Waals surface area contributed by atoms with Gasteiger partial charge in [-0.15, -0.1) is 0 Å². The number of hydrogen-bond donors (Lipinski definition) is 2. The highest BCUT2D eigenvalue weighted by Crippen LogP contribution is 2.25. The molecule has 0 aromatic heterocycles. The van der Waals surface area contributed by atoms with Crippen molar-refractivity contribution in [2.24, 2.45) is 0 Å². The molecule has 4 heteroatoms. The summed E-state index contributed by atoms with van der Waals surface area (Å²) < 4.78 is 13.5. The van der Waals surface area contributed by atoms with E-state index in [1.54, 1.807) is 25.1 Å². The Labute approximate surface area is 104 Å². The van der Waals surface area contributed by atoms with E-state index in [-0.39, 0.29) is 11.4 Å². The molecule has 0 aliphatic carbocycles. The average molecular weight is 245 g/mol. The number of aryl methyl sites for hydroxylation is 1. The number of rotatable bonds is 2. The molecule has 0 fully saturated rings. The number of carbonyl (C=O) groups is 1. The van der Waals surface area contributed by atoms with E-state index >= 15 is 0 Å². The van der Waals surface area contributed by atoms with Gasteiger partial charge in [0, 0.05) is 5.69 Å². The molecule has 3 N–H and O–H groups in total. The van der Waals surface area contributed by atoms with E-state index in [1.807, 2.05) is 0 Å². The lowest BCUT2D eigenvalue weighted by Gasteiger charge is -2.06. The molecule has 0 spiro atoms. The monoisotopic (exact) mass is 245 g/mol. The van der Waals surface area contributed by atoms with Crippen LogP contribution in [0.15, 0.2) is 36.4 Å². The van der Waals surface area contributed by atoms with Crippen LogP contribution in [0.1, 0.15) is 15.9 Å². The van der Waals surface area contributed by atoms with Crippen molar-refractivity contribution in [3.05, 3.63) is 53.3 Å². The number of carboxylic acid groups (broad SMARTS) is 1. The van der Waals surface area contributed by atoms with Gasteiger partial charge < -0.3 is 10.8 Å². The van der Waals surface area contributed by atoms with Crippen LogP contribution in [0.4, 0.5) is 10.1 Å². The quantitative estimate of drug-likeness (QED) is 0.799. The fourth-order valence-corrected chi connectivity index (χ4v) is 1.71. The molecule has 0 atom stereocenters. The Morgan fingerprint density at radius 1 is 1.17 bits per heavy atom. The Balaban J connectivity index is 2.56. The molecular formula is C14H12FNO2. The van der Waals surface area contributed by atoms with Crippen molar-refractivity contribution in [2.75, 3.05) is 5.73 Å². The second kappa shape index (κ2) is 4.49. The maximum Gasteiger partial charge on any atom is 0.335 e. The predicted octanol–water partition coefficient (Wildman–Crippen LogP) is 3.08. The molecule has 0 amide bonds. The van der Waals surface area contributed by atoms with Gasteiger partial charge >= 0.3 is 5.97 Å². The first kappa shape index (κ1) is 12.1. The molecule has 2 aromatic carbocycles. The molecule has 0 bridgehead atoms. The highest BCUT2D eigenvalue weighted by atomic mass is 19.1. The number of nitrogen functional groups attached to an aromatic ring is 1. The van der Waals surface area contributed by atoms with Gasteiger partial charge in [-0.2, -0.15) is 0 Å². The summed E-state index contributed by atoms with van der Waals surface area (Å²) >= 11 is 0. The van der Waals surface area contributed by atoms with Crippen LogP contribution in [0.5, 0.6) is 0 Å². The van der Waals surface area contributed by atoms with E-state index in [0.29, 0.717) is 22.4 Å². The second-order valence-corrected chi connectivity index (χ2v) is 4.11. The highest BCUT2D eigenvalue weighted by Gasteiger charge is 2.08. The molecule has 0 saturated carbocycles. The van der Waals surface area contributed by atoms with Crippen LogP contribution in [0, 0.1) is 12.7 Å². The highest BCUT2D eigenvalue weighted by molar-refractivity contribution is 5.91. The number of hydrogen-bond acceptors (Lipinski definition) is 2. The first-order chi connectivity index (χ1) is 8.47. The summed E-state index contributed by atoms with van der Waals surface area (Å²) in [6, 6.07) is 9.22. The first-order valence-electron chi connectivity index (χ1n) is 5.38. The lowest BCUT2D eigenvalue weighted by atomic mass is 10.0. The SMILES string of the molecule is Cc1ccc(-c2cc(N)cc(C(=O)O)c2)cc1F. The van der Waals surface area contributed by atoms with Gasteiger partial charge in [0.05, 0.1) is 5.56 Å². The predicted molar refractivity (Wildman–Crippen MR) is 67.9 cm³/mol. The lowest BCUT2D eigenvalue weighted by molar-refractivity contribution is 0.0697. The fourth-order valence-electron chi connectivity index (χ4n) is 1.71. The van der Waals surface area contributed by atoms with Gasteiger partial charge in [0.1, 0.15) is 5.82 Å². The number of nitrogens with two attached hydrogens (primary N) is 1. The smallest absolute Gasteiger partial charge is 0.335 e. The normalized spacial score (nSPS) is 10.3. The number of carboxylic acids is 1. The molecule has 92 valence electrons. The third kappa shape index (κ3) is 2.32. The standard InChI is InChI=1S/C14H12FNO2/c1-8-2-3-9(7-13(8)15)10-4-11(14(17)18)6-12(16)5-10/h2-7H,16H2,1H3,(H,17,18). The van der Waals surface area contributed by atoms with Gasteiger partial charge in [-0.05, 0) is 47.9 Å². The van der Waals surface area contributed by atoms with Gasteiger partial charge in [0.25, 0.3) is 0 Å².